The Balaban J connectivity index is 1.81. The summed E-state index contributed by atoms with van der Waals surface area (Å²) < 4.78 is 20.5. The Bertz CT molecular complexity index is 967. The molecule has 1 fully saturated rings. The third-order valence-corrected chi connectivity index (χ3v) is 4.44. The second kappa shape index (κ2) is 9.12. The molecule has 1 aromatic carbocycles. The fourth-order valence-electron chi connectivity index (χ4n) is 2.94. The second-order valence-electron chi connectivity index (χ2n) is 6.30. The van der Waals surface area contributed by atoms with Crippen molar-refractivity contribution < 1.29 is 37.8 Å². The van der Waals surface area contributed by atoms with Crippen LogP contribution in [0.1, 0.15) is 33.8 Å². The summed E-state index contributed by atoms with van der Waals surface area (Å²) in [6, 6.07) is 5.72. The van der Waals surface area contributed by atoms with Gasteiger partial charge in [0.2, 0.25) is 5.91 Å². The number of carbonyl (C=O) groups is 4. The monoisotopic (exact) mass is 416 g/mol. The van der Waals surface area contributed by atoms with Crippen LogP contribution >= 0.6 is 0 Å². The van der Waals surface area contributed by atoms with Crippen LogP contribution in [0.2, 0.25) is 0 Å². The van der Waals surface area contributed by atoms with Gasteiger partial charge in [-0.1, -0.05) is 0 Å². The van der Waals surface area contributed by atoms with Crippen LogP contribution in [0.3, 0.4) is 0 Å². The highest BCUT2D eigenvalue weighted by atomic mass is 16.5. The van der Waals surface area contributed by atoms with Crippen LogP contribution in [0.25, 0.3) is 0 Å². The molecule has 2 aromatic rings. The molecule has 1 aliphatic rings. The standard InChI is InChI=1S/C20H20N2O8/c1-27-15-9-12(20(26)30-11-18(24)22-7-3-6-17(22)23)13(10-16(15)28-2)21-19(25)14-5-4-8-29-14/h4-5,8-10H,3,6-7,11H2,1-2H3,(H,21,25). The first-order chi connectivity index (χ1) is 14.4. The van der Waals surface area contributed by atoms with E-state index in [0.29, 0.717) is 19.4 Å². The minimum Gasteiger partial charge on any atom is -0.493 e. The van der Waals surface area contributed by atoms with Crippen LogP contribution < -0.4 is 14.8 Å². The minimum atomic E-state index is -0.884. The third-order valence-electron chi connectivity index (χ3n) is 4.44. The molecule has 30 heavy (non-hydrogen) atoms. The van der Waals surface area contributed by atoms with E-state index in [1.807, 2.05) is 0 Å². The molecule has 0 aliphatic carbocycles. The summed E-state index contributed by atoms with van der Waals surface area (Å²) in [5.41, 5.74) is 0.0110. The Morgan fingerprint density at radius 1 is 1.17 bits per heavy atom. The minimum absolute atomic E-state index is 0.0341. The fourth-order valence-corrected chi connectivity index (χ4v) is 2.94. The lowest BCUT2D eigenvalue weighted by atomic mass is 10.1. The van der Waals surface area contributed by atoms with E-state index in [1.165, 1.54) is 38.7 Å². The summed E-state index contributed by atoms with van der Waals surface area (Å²) in [5, 5.41) is 2.55. The lowest BCUT2D eigenvalue weighted by Crippen LogP contribution is -2.35. The number of methoxy groups -OCH3 is 2. The highest BCUT2D eigenvalue weighted by molar-refractivity contribution is 6.07. The fraction of sp³-hybridized carbons (Fsp3) is 0.300. The van der Waals surface area contributed by atoms with Gasteiger partial charge in [0.15, 0.2) is 23.9 Å². The molecule has 10 heteroatoms. The number of hydrogen-bond donors (Lipinski definition) is 1. The number of carbonyl (C=O) groups excluding carboxylic acids is 4. The topological polar surface area (TPSA) is 124 Å². The first-order valence-electron chi connectivity index (χ1n) is 9.05. The van der Waals surface area contributed by atoms with Gasteiger partial charge in [-0.2, -0.15) is 0 Å². The number of furan rings is 1. The first-order valence-corrected chi connectivity index (χ1v) is 9.05. The van der Waals surface area contributed by atoms with Crippen molar-refractivity contribution in [1.82, 2.24) is 4.90 Å². The number of benzene rings is 1. The van der Waals surface area contributed by atoms with E-state index in [-0.39, 0.29) is 34.4 Å². The number of hydrogen-bond acceptors (Lipinski definition) is 8. The molecular weight excluding hydrogens is 396 g/mol. The zero-order valence-corrected chi connectivity index (χ0v) is 16.4. The molecule has 0 unspecified atom stereocenters. The molecule has 10 nitrogen and oxygen atoms in total. The highest BCUT2D eigenvalue weighted by Gasteiger charge is 2.28. The van der Waals surface area contributed by atoms with E-state index < -0.39 is 24.4 Å². The molecule has 2 heterocycles. The summed E-state index contributed by atoms with van der Waals surface area (Å²) in [7, 11) is 2.79. The van der Waals surface area contributed by atoms with Crippen LogP contribution in [0.15, 0.2) is 34.9 Å². The summed E-state index contributed by atoms with van der Waals surface area (Å²) in [4.78, 5) is 49.8. The second-order valence-corrected chi connectivity index (χ2v) is 6.30. The SMILES string of the molecule is COc1cc(NC(=O)c2ccco2)c(C(=O)OCC(=O)N2CCCC2=O)cc1OC. The quantitative estimate of drug-likeness (QED) is 0.678. The maximum absolute atomic E-state index is 12.7. The number of ether oxygens (including phenoxy) is 3. The summed E-state index contributed by atoms with van der Waals surface area (Å²) in [6.07, 6.45) is 2.21. The smallest absolute Gasteiger partial charge is 0.340 e. The van der Waals surface area contributed by atoms with E-state index in [1.54, 1.807) is 6.07 Å². The normalized spacial score (nSPS) is 13.1. The Morgan fingerprint density at radius 2 is 1.90 bits per heavy atom. The predicted octanol–water partition coefficient (Wildman–Crippen LogP) is 1.85. The molecule has 1 saturated heterocycles. The zero-order chi connectivity index (χ0) is 21.7. The van der Waals surface area contributed by atoms with E-state index in [0.717, 1.165) is 4.90 Å². The molecule has 0 spiro atoms. The maximum Gasteiger partial charge on any atom is 0.340 e. The number of amides is 3. The van der Waals surface area contributed by atoms with Crippen LogP contribution in [-0.2, 0) is 14.3 Å². The maximum atomic E-state index is 12.7. The molecule has 3 rings (SSSR count). The van der Waals surface area contributed by atoms with Crippen molar-refractivity contribution in [1.29, 1.82) is 0 Å². The number of esters is 1. The predicted molar refractivity (Wildman–Crippen MR) is 102 cm³/mol. The van der Waals surface area contributed by atoms with Crippen LogP contribution in [0.4, 0.5) is 5.69 Å². The molecule has 3 amide bonds. The molecular formula is C20H20N2O8. The lowest BCUT2D eigenvalue weighted by Gasteiger charge is -2.16. The number of nitrogens with zero attached hydrogens (tertiary/aromatic N) is 1. The van der Waals surface area contributed by atoms with Gasteiger partial charge in [0, 0.05) is 25.1 Å². The summed E-state index contributed by atoms with van der Waals surface area (Å²) in [5.74, 6) is -1.86. The Kier molecular flexibility index (Phi) is 6.35. The third kappa shape index (κ3) is 4.43. The summed E-state index contributed by atoms with van der Waals surface area (Å²) in [6.45, 7) is -0.305. The van der Waals surface area contributed by atoms with E-state index in [9.17, 15) is 19.2 Å². The van der Waals surface area contributed by atoms with Gasteiger partial charge in [0.25, 0.3) is 11.8 Å². The molecule has 0 radical (unpaired) electrons. The van der Waals surface area contributed by atoms with Gasteiger partial charge in [0.1, 0.15) is 0 Å². The van der Waals surface area contributed by atoms with Crippen molar-refractivity contribution in [2.45, 2.75) is 12.8 Å². The molecule has 1 aromatic heterocycles. The average molecular weight is 416 g/mol. The average Bonchev–Trinajstić information content (AvgIpc) is 3.43. The van der Waals surface area contributed by atoms with Crippen molar-refractivity contribution in [3.05, 3.63) is 41.9 Å². The number of imide groups is 1. The number of likely N-dealkylation sites (tertiary alicyclic amines) is 1. The van der Waals surface area contributed by atoms with Crippen molar-refractivity contribution >= 4 is 29.4 Å². The Morgan fingerprint density at radius 3 is 2.50 bits per heavy atom. The molecule has 1 aliphatic heterocycles. The Labute approximate surface area is 171 Å². The zero-order valence-electron chi connectivity index (χ0n) is 16.4. The summed E-state index contributed by atoms with van der Waals surface area (Å²) >= 11 is 0. The van der Waals surface area contributed by atoms with Crippen molar-refractivity contribution in [3.8, 4) is 11.5 Å². The van der Waals surface area contributed by atoms with E-state index >= 15 is 0 Å². The van der Waals surface area contributed by atoms with Gasteiger partial charge in [0.05, 0.1) is 31.7 Å². The van der Waals surface area contributed by atoms with Gasteiger partial charge < -0.3 is 23.9 Å². The largest absolute Gasteiger partial charge is 0.493 e. The van der Waals surface area contributed by atoms with E-state index in [4.69, 9.17) is 18.6 Å². The van der Waals surface area contributed by atoms with Gasteiger partial charge in [-0.15, -0.1) is 0 Å². The van der Waals surface area contributed by atoms with Gasteiger partial charge in [-0.3, -0.25) is 19.3 Å². The number of anilines is 1. The van der Waals surface area contributed by atoms with E-state index in [2.05, 4.69) is 5.32 Å². The van der Waals surface area contributed by atoms with Crippen LogP contribution in [0, 0.1) is 0 Å². The highest BCUT2D eigenvalue weighted by Crippen LogP contribution is 2.34. The first kappa shape index (κ1) is 20.9. The number of nitrogens with one attached hydrogen (secondary N) is 1. The van der Waals surface area contributed by atoms with Crippen LogP contribution in [0.5, 0.6) is 11.5 Å². The molecule has 1 N–H and O–H groups in total. The van der Waals surface area contributed by atoms with Gasteiger partial charge in [-0.05, 0) is 18.6 Å². The number of rotatable bonds is 7. The van der Waals surface area contributed by atoms with Gasteiger partial charge in [-0.25, -0.2) is 4.79 Å². The van der Waals surface area contributed by atoms with Gasteiger partial charge >= 0.3 is 5.97 Å². The van der Waals surface area contributed by atoms with Crippen molar-refractivity contribution in [3.63, 3.8) is 0 Å². The van der Waals surface area contributed by atoms with Crippen molar-refractivity contribution in [2.75, 3.05) is 32.7 Å². The molecule has 0 bridgehead atoms. The molecule has 0 saturated carbocycles. The molecule has 158 valence electrons. The van der Waals surface area contributed by atoms with Crippen LogP contribution in [-0.4, -0.2) is 56.0 Å². The Hall–Kier alpha value is -3.82. The lowest BCUT2D eigenvalue weighted by molar-refractivity contribution is -0.143. The molecule has 0 atom stereocenters. The van der Waals surface area contributed by atoms with Crippen molar-refractivity contribution in [2.24, 2.45) is 0 Å².